The van der Waals surface area contributed by atoms with E-state index in [2.05, 4.69) is 5.32 Å². The van der Waals surface area contributed by atoms with Gasteiger partial charge in [0.2, 0.25) is 0 Å². The summed E-state index contributed by atoms with van der Waals surface area (Å²) in [4.78, 5) is 10.6. The Morgan fingerprint density at radius 3 is 2.25 bits per heavy atom. The predicted molar refractivity (Wildman–Crippen MR) is 77.6 cm³/mol. The molecule has 1 N–H and O–H groups in total. The zero-order valence-corrected chi connectivity index (χ0v) is 11.5. The van der Waals surface area contributed by atoms with Gasteiger partial charge in [-0.3, -0.25) is 10.1 Å². The maximum atomic E-state index is 10.9. The first-order valence-electron chi connectivity index (χ1n) is 7.65. The maximum Gasteiger partial charge on any atom is 0.271 e. The summed E-state index contributed by atoms with van der Waals surface area (Å²) in [5.41, 5.74) is 1.31. The normalized spacial score (nSPS) is 37.9. The van der Waals surface area contributed by atoms with E-state index in [4.69, 9.17) is 0 Å². The Morgan fingerprint density at radius 1 is 1.10 bits per heavy atom. The molecule has 4 heteroatoms. The first-order valence-corrected chi connectivity index (χ1v) is 7.65. The lowest BCUT2D eigenvalue weighted by atomic mass is 9.53. The second-order valence-electron chi connectivity index (χ2n) is 7.13. The molecule has 0 amide bonds. The molecule has 4 fully saturated rings. The standard InChI is InChI=1S/C16H20N2O2/c19-18(20)15-3-1-2-14(7-15)17-16-8-11-4-12(9-16)6-13(5-11)10-16/h1-3,7,11-13,17H,4-6,8-10H2. The highest BCUT2D eigenvalue weighted by Gasteiger charge is 2.50. The predicted octanol–water partition coefficient (Wildman–Crippen LogP) is 3.98. The lowest BCUT2D eigenvalue weighted by Crippen LogP contribution is -2.54. The van der Waals surface area contributed by atoms with Crippen molar-refractivity contribution in [2.75, 3.05) is 5.32 Å². The van der Waals surface area contributed by atoms with Gasteiger partial charge in [0.15, 0.2) is 0 Å². The molecule has 0 radical (unpaired) electrons. The summed E-state index contributed by atoms with van der Waals surface area (Å²) in [6.07, 6.45) is 7.99. The van der Waals surface area contributed by atoms with Crippen molar-refractivity contribution in [3.05, 3.63) is 34.4 Å². The van der Waals surface area contributed by atoms with Crippen molar-refractivity contribution in [1.29, 1.82) is 0 Å². The van der Waals surface area contributed by atoms with E-state index < -0.39 is 0 Å². The summed E-state index contributed by atoms with van der Waals surface area (Å²) in [6, 6.07) is 6.98. The first kappa shape index (κ1) is 12.2. The highest BCUT2D eigenvalue weighted by molar-refractivity contribution is 5.53. The van der Waals surface area contributed by atoms with Crippen molar-refractivity contribution in [2.45, 2.75) is 44.1 Å². The Bertz CT molecular complexity index is 520. The third-order valence-corrected chi connectivity index (χ3v) is 5.50. The van der Waals surface area contributed by atoms with Gasteiger partial charge in [-0.25, -0.2) is 0 Å². The molecule has 1 aromatic carbocycles. The number of nitrogens with zero attached hydrogens (tertiary/aromatic N) is 1. The summed E-state index contributed by atoms with van der Waals surface area (Å²) in [7, 11) is 0. The number of hydrogen-bond acceptors (Lipinski definition) is 3. The van der Waals surface area contributed by atoms with E-state index in [1.165, 1.54) is 38.5 Å². The largest absolute Gasteiger partial charge is 0.379 e. The molecule has 4 nitrogen and oxygen atoms in total. The Morgan fingerprint density at radius 2 is 1.70 bits per heavy atom. The van der Waals surface area contributed by atoms with Crippen molar-refractivity contribution >= 4 is 11.4 Å². The van der Waals surface area contributed by atoms with Crippen LogP contribution in [0.15, 0.2) is 24.3 Å². The van der Waals surface area contributed by atoms with Crippen LogP contribution in [0.2, 0.25) is 0 Å². The molecular formula is C16H20N2O2. The molecule has 0 heterocycles. The number of benzene rings is 1. The Kier molecular flexibility index (Phi) is 2.56. The third kappa shape index (κ3) is 1.98. The van der Waals surface area contributed by atoms with E-state index in [9.17, 15) is 10.1 Å². The molecule has 0 saturated heterocycles. The number of hydrogen-bond donors (Lipinski definition) is 1. The second-order valence-corrected chi connectivity index (χ2v) is 7.13. The fourth-order valence-corrected chi connectivity index (χ4v) is 5.27. The van der Waals surface area contributed by atoms with Gasteiger partial charge in [0, 0.05) is 23.4 Å². The smallest absolute Gasteiger partial charge is 0.271 e. The number of rotatable bonds is 3. The van der Waals surface area contributed by atoms with E-state index in [1.807, 2.05) is 6.07 Å². The number of nitro groups is 1. The van der Waals surface area contributed by atoms with Crippen LogP contribution in [0.25, 0.3) is 0 Å². The van der Waals surface area contributed by atoms with Crippen LogP contribution in [-0.2, 0) is 0 Å². The summed E-state index contributed by atoms with van der Waals surface area (Å²) in [5, 5.41) is 14.6. The van der Waals surface area contributed by atoms with Crippen molar-refractivity contribution < 1.29 is 4.92 Å². The molecule has 4 bridgehead atoms. The molecule has 5 rings (SSSR count). The van der Waals surface area contributed by atoms with Crippen LogP contribution < -0.4 is 5.32 Å². The van der Waals surface area contributed by atoms with Crippen LogP contribution in [0.4, 0.5) is 11.4 Å². The number of anilines is 1. The van der Waals surface area contributed by atoms with Gasteiger partial charge in [-0.2, -0.15) is 0 Å². The van der Waals surface area contributed by atoms with Crippen molar-refractivity contribution in [2.24, 2.45) is 17.8 Å². The molecule has 0 aliphatic heterocycles. The van der Waals surface area contributed by atoms with Crippen LogP contribution in [0, 0.1) is 27.9 Å². The van der Waals surface area contributed by atoms with Gasteiger partial charge in [0.1, 0.15) is 0 Å². The molecule has 0 spiro atoms. The van der Waals surface area contributed by atoms with E-state index in [-0.39, 0.29) is 16.1 Å². The van der Waals surface area contributed by atoms with E-state index in [1.54, 1.807) is 18.2 Å². The highest BCUT2D eigenvalue weighted by Crippen LogP contribution is 2.56. The third-order valence-electron chi connectivity index (χ3n) is 5.50. The number of nitrogens with one attached hydrogen (secondary N) is 1. The van der Waals surface area contributed by atoms with Crippen LogP contribution >= 0.6 is 0 Å². The molecule has 4 saturated carbocycles. The summed E-state index contributed by atoms with van der Waals surface area (Å²) >= 11 is 0. The molecule has 0 atom stereocenters. The van der Waals surface area contributed by atoms with Gasteiger partial charge < -0.3 is 5.32 Å². The van der Waals surface area contributed by atoms with Gasteiger partial charge in [0.05, 0.1) is 4.92 Å². The van der Waals surface area contributed by atoms with E-state index in [0.29, 0.717) is 0 Å². The second kappa shape index (κ2) is 4.21. The SMILES string of the molecule is O=[N+]([O-])c1cccc(NC23CC4CC(CC(C4)C2)C3)c1. The minimum atomic E-state index is -0.315. The van der Waals surface area contributed by atoms with Crippen LogP contribution in [-0.4, -0.2) is 10.5 Å². The fourth-order valence-electron chi connectivity index (χ4n) is 5.27. The van der Waals surface area contributed by atoms with Gasteiger partial charge in [-0.05, 0) is 62.3 Å². The molecule has 0 aromatic heterocycles. The Balaban J connectivity index is 1.59. The molecule has 1 aromatic rings. The van der Waals surface area contributed by atoms with Crippen LogP contribution in [0.3, 0.4) is 0 Å². The van der Waals surface area contributed by atoms with Crippen molar-refractivity contribution in [1.82, 2.24) is 0 Å². The minimum absolute atomic E-state index is 0.180. The number of non-ortho nitro benzene ring substituents is 1. The van der Waals surface area contributed by atoms with Gasteiger partial charge in [-0.15, -0.1) is 0 Å². The quantitative estimate of drug-likeness (QED) is 0.669. The first-order chi connectivity index (χ1) is 9.62. The maximum absolute atomic E-state index is 10.9. The minimum Gasteiger partial charge on any atom is -0.379 e. The van der Waals surface area contributed by atoms with Crippen molar-refractivity contribution in [3.63, 3.8) is 0 Å². The summed E-state index contributed by atoms with van der Waals surface area (Å²) < 4.78 is 0. The topological polar surface area (TPSA) is 55.2 Å². The van der Waals surface area contributed by atoms with Crippen LogP contribution in [0.5, 0.6) is 0 Å². The monoisotopic (exact) mass is 272 g/mol. The average Bonchev–Trinajstić information content (AvgIpc) is 2.36. The van der Waals surface area contributed by atoms with Gasteiger partial charge in [-0.1, -0.05) is 6.07 Å². The summed E-state index contributed by atoms with van der Waals surface area (Å²) in [6.45, 7) is 0. The lowest BCUT2D eigenvalue weighted by molar-refractivity contribution is -0.384. The van der Waals surface area contributed by atoms with Crippen LogP contribution in [0.1, 0.15) is 38.5 Å². The zero-order valence-electron chi connectivity index (χ0n) is 11.5. The Hall–Kier alpha value is -1.58. The fraction of sp³-hybridized carbons (Fsp3) is 0.625. The molecule has 4 aliphatic carbocycles. The molecule has 4 aliphatic rings. The van der Waals surface area contributed by atoms with Gasteiger partial charge >= 0.3 is 0 Å². The molecular weight excluding hydrogens is 252 g/mol. The van der Waals surface area contributed by atoms with Gasteiger partial charge in [0.25, 0.3) is 5.69 Å². The van der Waals surface area contributed by atoms with E-state index in [0.717, 1.165) is 23.4 Å². The highest BCUT2D eigenvalue weighted by atomic mass is 16.6. The number of nitro benzene ring substituents is 1. The zero-order chi connectivity index (χ0) is 13.7. The summed E-state index contributed by atoms with van der Waals surface area (Å²) in [5.74, 6) is 2.65. The molecule has 20 heavy (non-hydrogen) atoms. The average molecular weight is 272 g/mol. The lowest BCUT2D eigenvalue weighted by Gasteiger charge is -2.57. The molecule has 106 valence electrons. The van der Waals surface area contributed by atoms with E-state index >= 15 is 0 Å². The van der Waals surface area contributed by atoms with Crippen molar-refractivity contribution in [3.8, 4) is 0 Å². The molecule has 0 unspecified atom stereocenters. The Labute approximate surface area is 118 Å².